The molecule has 92 valence electrons. The van der Waals surface area contributed by atoms with E-state index in [9.17, 15) is 0 Å². The van der Waals surface area contributed by atoms with Crippen LogP contribution in [0.4, 0.5) is 0 Å². The van der Waals surface area contributed by atoms with Crippen molar-refractivity contribution in [2.75, 3.05) is 13.7 Å². The molecule has 0 amide bonds. The van der Waals surface area contributed by atoms with E-state index in [0.29, 0.717) is 18.3 Å². The van der Waals surface area contributed by atoms with Crippen LogP contribution in [0, 0.1) is 0 Å². The summed E-state index contributed by atoms with van der Waals surface area (Å²) in [5.41, 5.74) is -0.497. The minimum Gasteiger partial charge on any atom is -0.368 e. The van der Waals surface area contributed by atoms with Crippen LogP contribution in [0.15, 0.2) is 4.52 Å². The lowest BCUT2D eigenvalue weighted by atomic mass is 10.1. The van der Waals surface area contributed by atoms with Crippen LogP contribution in [0.1, 0.15) is 51.9 Å². The lowest BCUT2D eigenvalue weighted by Gasteiger charge is -2.19. The summed E-state index contributed by atoms with van der Waals surface area (Å²) in [6, 6.07) is 0.110. The minimum atomic E-state index is -0.497. The van der Waals surface area contributed by atoms with E-state index in [4.69, 9.17) is 9.26 Å². The Bertz CT molecular complexity index is 319. The van der Waals surface area contributed by atoms with Crippen LogP contribution in [0.25, 0.3) is 0 Å². The van der Waals surface area contributed by atoms with Crippen LogP contribution in [-0.2, 0) is 10.3 Å². The molecule has 16 heavy (non-hydrogen) atoms. The molecule has 1 rings (SSSR count). The first-order chi connectivity index (χ1) is 7.55. The largest absolute Gasteiger partial charge is 0.368 e. The summed E-state index contributed by atoms with van der Waals surface area (Å²) >= 11 is 0. The molecule has 1 unspecified atom stereocenters. The maximum Gasteiger partial charge on any atom is 0.243 e. The second kappa shape index (κ2) is 5.41. The van der Waals surface area contributed by atoms with Gasteiger partial charge in [-0.05, 0) is 34.2 Å². The van der Waals surface area contributed by atoms with Crippen molar-refractivity contribution in [1.82, 2.24) is 15.5 Å². The van der Waals surface area contributed by atoms with E-state index in [1.54, 1.807) is 0 Å². The van der Waals surface area contributed by atoms with Crippen molar-refractivity contribution in [2.24, 2.45) is 0 Å². The molecule has 1 aromatic heterocycles. The molecule has 0 spiro atoms. The van der Waals surface area contributed by atoms with Crippen LogP contribution >= 0.6 is 0 Å². The Balaban J connectivity index is 2.85. The molecule has 5 nitrogen and oxygen atoms in total. The van der Waals surface area contributed by atoms with E-state index in [2.05, 4.69) is 22.4 Å². The molecule has 1 atom stereocenters. The van der Waals surface area contributed by atoms with Crippen LogP contribution < -0.4 is 5.32 Å². The van der Waals surface area contributed by atoms with Gasteiger partial charge in [-0.1, -0.05) is 12.1 Å². The summed E-state index contributed by atoms with van der Waals surface area (Å²) in [6.07, 6.45) is 0.910. The first-order valence-electron chi connectivity index (χ1n) is 5.70. The number of hydrogen-bond donors (Lipinski definition) is 1. The van der Waals surface area contributed by atoms with E-state index in [0.717, 1.165) is 6.42 Å². The number of rotatable bonds is 6. The third kappa shape index (κ3) is 2.80. The third-order valence-corrected chi connectivity index (χ3v) is 2.54. The smallest absolute Gasteiger partial charge is 0.243 e. The highest BCUT2D eigenvalue weighted by Crippen LogP contribution is 2.23. The quantitative estimate of drug-likeness (QED) is 0.805. The van der Waals surface area contributed by atoms with Gasteiger partial charge in [0.2, 0.25) is 11.7 Å². The van der Waals surface area contributed by atoms with Gasteiger partial charge in [0.05, 0.1) is 6.04 Å². The zero-order chi connectivity index (χ0) is 12.2. The fraction of sp³-hybridized carbons (Fsp3) is 0.818. The fourth-order valence-electron chi connectivity index (χ4n) is 1.55. The molecule has 1 heterocycles. The minimum absolute atomic E-state index is 0.110. The zero-order valence-electron chi connectivity index (χ0n) is 10.7. The van der Waals surface area contributed by atoms with Crippen LogP contribution in [0.5, 0.6) is 0 Å². The highest BCUT2D eigenvalue weighted by molar-refractivity contribution is 4.99. The standard InChI is InChI=1S/C11H21N3O2/c1-6-8(12-5)9-13-10(14-16-9)11(3,4)15-7-2/h8,12H,6-7H2,1-5H3. The molecule has 0 bridgehead atoms. The monoisotopic (exact) mass is 227 g/mol. The van der Waals surface area contributed by atoms with Crippen molar-refractivity contribution in [2.45, 2.75) is 45.8 Å². The Morgan fingerprint density at radius 1 is 1.44 bits per heavy atom. The average Bonchev–Trinajstić information content (AvgIpc) is 2.69. The summed E-state index contributed by atoms with van der Waals surface area (Å²) in [5, 5.41) is 7.10. The van der Waals surface area contributed by atoms with Crippen molar-refractivity contribution >= 4 is 0 Å². The topological polar surface area (TPSA) is 60.2 Å². The van der Waals surface area contributed by atoms with Gasteiger partial charge >= 0.3 is 0 Å². The van der Waals surface area contributed by atoms with E-state index in [-0.39, 0.29) is 6.04 Å². The van der Waals surface area contributed by atoms with Gasteiger partial charge in [0.25, 0.3) is 0 Å². The van der Waals surface area contributed by atoms with Crippen LogP contribution in [0.2, 0.25) is 0 Å². The van der Waals surface area contributed by atoms with Gasteiger partial charge in [-0.3, -0.25) is 0 Å². The van der Waals surface area contributed by atoms with Gasteiger partial charge < -0.3 is 14.6 Å². The third-order valence-electron chi connectivity index (χ3n) is 2.54. The lowest BCUT2D eigenvalue weighted by molar-refractivity contribution is -0.0221. The number of hydrogen-bond acceptors (Lipinski definition) is 5. The summed E-state index contributed by atoms with van der Waals surface area (Å²) in [6.45, 7) is 8.51. The van der Waals surface area contributed by atoms with E-state index in [1.807, 2.05) is 27.8 Å². The SMILES string of the molecule is CCOC(C)(C)c1noc(C(CC)NC)n1. The highest BCUT2D eigenvalue weighted by Gasteiger charge is 2.28. The van der Waals surface area contributed by atoms with Gasteiger partial charge in [-0.15, -0.1) is 0 Å². The van der Waals surface area contributed by atoms with Gasteiger partial charge in [-0.2, -0.15) is 4.98 Å². The van der Waals surface area contributed by atoms with Gasteiger partial charge in [0.1, 0.15) is 5.60 Å². The summed E-state index contributed by atoms with van der Waals surface area (Å²) in [5.74, 6) is 1.21. The van der Waals surface area contributed by atoms with Crippen LogP contribution in [0.3, 0.4) is 0 Å². The molecule has 0 saturated heterocycles. The van der Waals surface area contributed by atoms with Crippen molar-refractivity contribution in [1.29, 1.82) is 0 Å². The van der Waals surface area contributed by atoms with E-state index >= 15 is 0 Å². The Morgan fingerprint density at radius 3 is 2.62 bits per heavy atom. The molecule has 0 aliphatic heterocycles. The summed E-state index contributed by atoms with van der Waals surface area (Å²) in [4.78, 5) is 4.38. The molecule has 0 aliphatic rings. The van der Waals surface area contributed by atoms with Crippen molar-refractivity contribution in [3.63, 3.8) is 0 Å². The Morgan fingerprint density at radius 2 is 2.12 bits per heavy atom. The molecule has 0 saturated carbocycles. The maximum absolute atomic E-state index is 5.57. The molecule has 0 fully saturated rings. The van der Waals surface area contributed by atoms with E-state index in [1.165, 1.54) is 0 Å². The van der Waals surface area contributed by atoms with Gasteiger partial charge in [0, 0.05) is 6.61 Å². The number of ether oxygens (including phenoxy) is 1. The molecule has 0 aromatic carbocycles. The normalized spacial score (nSPS) is 14.1. The second-order valence-electron chi connectivity index (χ2n) is 4.15. The van der Waals surface area contributed by atoms with Crippen molar-refractivity contribution in [3.05, 3.63) is 11.7 Å². The number of nitrogens with one attached hydrogen (secondary N) is 1. The molecule has 0 aliphatic carbocycles. The lowest BCUT2D eigenvalue weighted by Crippen LogP contribution is -2.23. The van der Waals surface area contributed by atoms with E-state index < -0.39 is 5.60 Å². The Hall–Kier alpha value is -0.940. The maximum atomic E-state index is 5.57. The van der Waals surface area contributed by atoms with Gasteiger partial charge in [-0.25, -0.2) is 0 Å². The van der Waals surface area contributed by atoms with Crippen molar-refractivity contribution < 1.29 is 9.26 Å². The molecule has 5 heteroatoms. The summed E-state index contributed by atoms with van der Waals surface area (Å²) in [7, 11) is 1.88. The first kappa shape index (κ1) is 13.1. The highest BCUT2D eigenvalue weighted by atomic mass is 16.5. The number of aromatic nitrogens is 2. The summed E-state index contributed by atoms with van der Waals surface area (Å²) < 4.78 is 10.8. The van der Waals surface area contributed by atoms with Crippen LogP contribution in [-0.4, -0.2) is 23.8 Å². The predicted molar refractivity (Wildman–Crippen MR) is 61.0 cm³/mol. The molecule has 1 N–H and O–H groups in total. The van der Waals surface area contributed by atoms with Gasteiger partial charge in [0.15, 0.2) is 0 Å². The molecular weight excluding hydrogens is 206 g/mol. The second-order valence-corrected chi connectivity index (χ2v) is 4.15. The zero-order valence-corrected chi connectivity index (χ0v) is 10.7. The molecule has 0 radical (unpaired) electrons. The average molecular weight is 227 g/mol. The van der Waals surface area contributed by atoms with Crippen molar-refractivity contribution in [3.8, 4) is 0 Å². The predicted octanol–water partition coefficient (Wildman–Crippen LogP) is 2.01. The fourth-order valence-corrected chi connectivity index (χ4v) is 1.55. The number of nitrogens with zero attached hydrogens (tertiary/aromatic N) is 2. The molecule has 1 aromatic rings. The first-order valence-corrected chi connectivity index (χ1v) is 5.70. The Kier molecular flexibility index (Phi) is 4.44. The Labute approximate surface area is 96.6 Å². The molecular formula is C11H21N3O2.